The maximum atomic E-state index is 12.6. The monoisotopic (exact) mass is 335 g/mol. The molecule has 1 amide bonds. The predicted molar refractivity (Wildman–Crippen MR) is 89.3 cm³/mol. The standard InChI is InChI=1S/C18H17N5O2/c24-18(14-5-1-3-12-4-2-8-20-16(12)14)21-11-15-22-17(23-25-15)13-6-9-19-10-7-13/h2,4,6-10,14H,1,3,5,11H2,(H,21,24). The molecule has 4 rings (SSSR count). The first-order valence-corrected chi connectivity index (χ1v) is 8.26. The van der Waals surface area contributed by atoms with Crippen LogP contribution in [0.5, 0.6) is 0 Å². The van der Waals surface area contributed by atoms with Crippen LogP contribution in [0.3, 0.4) is 0 Å². The number of pyridine rings is 2. The van der Waals surface area contributed by atoms with Gasteiger partial charge in [-0.2, -0.15) is 4.98 Å². The van der Waals surface area contributed by atoms with Gasteiger partial charge in [-0.05, 0) is 43.0 Å². The highest BCUT2D eigenvalue weighted by Gasteiger charge is 2.27. The van der Waals surface area contributed by atoms with Crippen molar-refractivity contribution in [1.82, 2.24) is 25.4 Å². The molecule has 1 N–H and O–H groups in total. The first-order valence-electron chi connectivity index (χ1n) is 8.26. The topological polar surface area (TPSA) is 93.8 Å². The molecule has 0 spiro atoms. The third-order valence-electron chi connectivity index (χ3n) is 4.33. The zero-order valence-corrected chi connectivity index (χ0v) is 13.6. The molecule has 0 aliphatic heterocycles. The summed E-state index contributed by atoms with van der Waals surface area (Å²) in [7, 11) is 0. The SMILES string of the molecule is O=C(NCc1nc(-c2ccncc2)no1)C1CCCc2cccnc21. The number of carbonyl (C=O) groups is 1. The van der Waals surface area contributed by atoms with E-state index in [4.69, 9.17) is 4.52 Å². The summed E-state index contributed by atoms with van der Waals surface area (Å²) in [6.45, 7) is 0.204. The van der Waals surface area contributed by atoms with E-state index in [1.807, 2.05) is 12.1 Å². The van der Waals surface area contributed by atoms with Crippen molar-refractivity contribution < 1.29 is 9.32 Å². The lowest BCUT2D eigenvalue weighted by molar-refractivity contribution is -0.123. The fourth-order valence-electron chi connectivity index (χ4n) is 3.10. The van der Waals surface area contributed by atoms with E-state index in [0.717, 1.165) is 36.1 Å². The maximum absolute atomic E-state index is 12.6. The Morgan fingerprint density at radius 1 is 1.24 bits per heavy atom. The first kappa shape index (κ1) is 15.4. The van der Waals surface area contributed by atoms with Gasteiger partial charge in [0.25, 0.3) is 0 Å². The van der Waals surface area contributed by atoms with E-state index < -0.39 is 0 Å². The second kappa shape index (κ2) is 6.80. The molecule has 0 fully saturated rings. The Hall–Kier alpha value is -3.09. The lowest BCUT2D eigenvalue weighted by Crippen LogP contribution is -2.31. The van der Waals surface area contributed by atoms with Crippen LogP contribution in [0.25, 0.3) is 11.4 Å². The fraction of sp³-hybridized carbons (Fsp3) is 0.278. The molecule has 7 heteroatoms. The summed E-state index contributed by atoms with van der Waals surface area (Å²) < 4.78 is 5.21. The lowest BCUT2D eigenvalue weighted by atomic mass is 9.86. The van der Waals surface area contributed by atoms with Crippen molar-refractivity contribution in [3.8, 4) is 11.4 Å². The average molecular weight is 335 g/mol. The molecule has 1 unspecified atom stereocenters. The van der Waals surface area contributed by atoms with Gasteiger partial charge < -0.3 is 9.84 Å². The van der Waals surface area contributed by atoms with E-state index in [1.54, 1.807) is 30.7 Å². The van der Waals surface area contributed by atoms with Crippen LogP contribution in [0, 0.1) is 0 Å². The normalized spacial score (nSPS) is 16.2. The molecule has 0 saturated heterocycles. The highest BCUT2D eigenvalue weighted by molar-refractivity contribution is 5.83. The summed E-state index contributed by atoms with van der Waals surface area (Å²) in [5.74, 6) is 0.587. The summed E-state index contributed by atoms with van der Waals surface area (Å²) in [4.78, 5) is 25.2. The van der Waals surface area contributed by atoms with Gasteiger partial charge in [0.05, 0.1) is 18.2 Å². The van der Waals surface area contributed by atoms with E-state index in [0.29, 0.717) is 11.7 Å². The Morgan fingerprint density at radius 2 is 2.12 bits per heavy atom. The number of hydrogen-bond acceptors (Lipinski definition) is 6. The number of nitrogens with zero attached hydrogens (tertiary/aromatic N) is 4. The number of aromatic nitrogens is 4. The van der Waals surface area contributed by atoms with Gasteiger partial charge in [0, 0.05) is 24.2 Å². The van der Waals surface area contributed by atoms with Gasteiger partial charge in [0.1, 0.15) is 0 Å². The fourth-order valence-corrected chi connectivity index (χ4v) is 3.10. The summed E-state index contributed by atoms with van der Waals surface area (Å²) in [5.41, 5.74) is 2.86. The summed E-state index contributed by atoms with van der Waals surface area (Å²) in [6, 6.07) is 7.56. The number of rotatable bonds is 4. The number of amides is 1. The highest BCUT2D eigenvalue weighted by atomic mass is 16.5. The average Bonchev–Trinajstić information content (AvgIpc) is 3.15. The molecule has 0 aromatic carbocycles. The molecule has 1 aliphatic carbocycles. The Kier molecular flexibility index (Phi) is 4.20. The van der Waals surface area contributed by atoms with Crippen LogP contribution in [0.4, 0.5) is 0 Å². The molecule has 25 heavy (non-hydrogen) atoms. The predicted octanol–water partition coefficient (Wildman–Crippen LogP) is 2.26. The Labute approximate surface area is 144 Å². The maximum Gasteiger partial charge on any atom is 0.246 e. The number of aryl methyl sites for hydroxylation is 1. The van der Waals surface area contributed by atoms with E-state index in [-0.39, 0.29) is 18.4 Å². The van der Waals surface area contributed by atoms with Crippen LogP contribution in [0.15, 0.2) is 47.4 Å². The molecule has 3 aromatic rings. The molecule has 3 heterocycles. The van der Waals surface area contributed by atoms with Crippen LogP contribution in [-0.2, 0) is 17.8 Å². The summed E-state index contributed by atoms with van der Waals surface area (Å²) in [5, 5.41) is 6.82. The van der Waals surface area contributed by atoms with Crippen LogP contribution in [0.1, 0.15) is 35.9 Å². The number of nitrogens with one attached hydrogen (secondary N) is 1. The minimum atomic E-state index is -0.215. The van der Waals surface area contributed by atoms with Gasteiger partial charge in [-0.3, -0.25) is 14.8 Å². The molecular formula is C18H17N5O2. The molecule has 0 bridgehead atoms. The highest BCUT2D eigenvalue weighted by Crippen LogP contribution is 2.29. The van der Waals surface area contributed by atoms with Crippen LogP contribution >= 0.6 is 0 Å². The van der Waals surface area contributed by atoms with Crippen molar-refractivity contribution >= 4 is 5.91 Å². The Bertz CT molecular complexity index is 878. The van der Waals surface area contributed by atoms with E-state index >= 15 is 0 Å². The van der Waals surface area contributed by atoms with E-state index in [2.05, 4.69) is 25.4 Å². The smallest absolute Gasteiger partial charge is 0.246 e. The largest absolute Gasteiger partial charge is 0.346 e. The van der Waals surface area contributed by atoms with Crippen molar-refractivity contribution in [1.29, 1.82) is 0 Å². The zero-order chi connectivity index (χ0) is 17.1. The van der Waals surface area contributed by atoms with Crippen molar-refractivity contribution in [2.24, 2.45) is 0 Å². The second-order valence-electron chi connectivity index (χ2n) is 5.96. The minimum absolute atomic E-state index is 0.0525. The van der Waals surface area contributed by atoms with Gasteiger partial charge in [-0.25, -0.2) is 0 Å². The van der Waals surface area contributed by atoms with Gasteiger partial charge in [-0.1, -0.05) is 11.2 Å². The third kappa shape index (κ3) is 3.26. The number of hydrogen-bond donors (Lipinski definition) is 1. The molecule has 7 nitrogen and oxygen atoms in total. The Morgan fingerprint density at radius 3 is 3.00 bits per heavy atom. The van der Waals surface area contributed by atoms with Gasteiger partial charge in [-0.15, -0.1) is 0 Å². The summed E-state index contributed by atoms with van der Waals surface area (Å²) in [6.07, 6.45) is 7.85. The van der Waals surface area contributed by atoms with Crippen LogP contribution in [-0.4, -0.2) is 26.0 Å². The van der Waals surface area contributed by atoms with E-state index in [9.17, 15) is 4.79 Å². The van der Waals surface area contributed by atoms with Crippen molar-refractivity contribution in [3.63, 3.8) is 0 Å². The quantitative estimate of drug-likeness (QED) is 0.786. The molecule has 1 aliphatic rings. The molecule has 126 valence electrons. The van der Waals surface area contributed by atoms with Crippen molar-refractivity contribution in [2.75, 3.05) is 0 Å². The first-order chi connectivity index (χ1) is 12.3. The van der Waals surface area contributed by atoms with Crippen LogP contribution in [0.2, 0.25) is 0 Å². The summed E-state index contributed by atoms with van der Waals surface area (Å²) >= 11 is 0. The van der Waals surface area contributed by atoms with Gasteiger partial charge >= 0.3 is 0 Å². The lowest BCUT2D eigenvalue weighted by Gasteiger charge is -2.23. The number of carbonyl (C=O) groups excluding carboxylic acids is 1. The molecule has 3 aromatic heterocycles. The third-order valence-corrected chi connectivity index (χ3v) is 4.33. The van der Waals surface area contributed by atoms with Gasteiger partial charge in [0.15, 0.2) is 0 Å². The molecule has 0 radical (unpaired) electrons. The number of fused-ring (bicyclic) bond motifs is 1. The molecule has 1 atom stereocenters. The van der Waals surface area contributed by atoms with E-state index in [1.165, 1.54) is 0 Å². The minimum Gasteiger partial charge on any atom is -0.346 e. The molecule has 0 saturated carbocycles. The van der Waals surface area contributed by atoms with Gasteiger partial charge in [0.2, 0.25) is 17.6 Å². The Balaban J connectivity index is 1.42. The van der Waals surface area contributed by atoms with Crippen LogP contribution < -0.4 is 5.32 Å². The zero-order valence-electron chi connectivity index (χ0n) is 13.6. The molecular weight excluding hydrogens is 318 g/mol. The second-order valence-corrected chi connectivity index (χ2v) is 5.96. The van der Waals surface area contributed by atoms with Crippen molar-refractivity contribution in [3.05, 3.63) is 60.0 Å². The van der Waals surface area contributed by atoms with Crippen molar-refractivity contribution in [2.45, 2.75) is 31.7 Å².